The van der Waals surface area contributed by atoms with Crippen molar-refractivity contribution < 1.29 is 0 Å². The van der Waals surface area contributed by atoms with Crippen molar-refractivity contribution >= 4 is 17.3 Å². The van der Waals surface area contributed by atoms with E-state index in [4.69, 9.17) is 12.2 Å². The highest BCUT2D eigenvalue weighted by atomic mass is 32.1. The van der Waals surface area contributed by atoms with Gasteiger partial charge in [-0.2, -0.15) is 0 Å². The molecule has 0 saturated heterocycles. The van der Waals surface area contributed by atoms with Gasteiger partial charge in [-0.1, -0.05) is 6.07 Å². The summed E-state index contributed by atoms with van der Waals surface area (Å²) in [7, 11) is 0. The molecule has 2 heterocycles. The van der Waals surface area contributed by atoms with E-state index in [1.165, 1.54) is 5.56 Å². The zero-order valence-electron chi connectivity index (χ0n) is 12.3. The van der Waals surface area contributed by atoms with Gasteiger partial charge in [-0.3, -0.25) is 4.98 Å². The molecule has 0 spiro atoms. The Morgan fingerprint density at radius 1 is 1.38 bits per heavy atom. The second kappa shape index (κ2) is 8.36. The molecule has 0 atom stereocenters. The van der Waals surface area contributed by atoms with Crippen molar-refractivity contribution in [2.24, 2.45) is 0 Å². The highest BCUT2D eigenvalue weighted by Gasteiger charge is 2.09. The van der Waals surface area contributed by atoms with E-state index in [2.05, 4.69) is 37.7 Å². The first kappa shape index (κ1) is 15.4. The summed E-state index contributed by atoms with van der Waals surface area (Å²) in [6.45, 7) is 5.52. The summed E-state index contributed by atoms with van der Waals surface area (Å²) < 4.78 is 2.08. The maximum absolute atomic E-state index is 5.46. The second-order valence-corrected chi connectivity index (χ2v) is 5.16. The minimum atomic E-state index is 0.781. The number of aryl methyl sites for hydroxylation is 1. The molecule has 0 radical (unpaired) electrons. The third-order valence-electron chi connectivity index (χ3n) is 3.11. The molecule has 0 fully saturated rings. The van der Waals surface area contributed by atoms with Gasteiger partial charge >= 0.3 is 0 Å². The summed E-state index contributed by atoms with van der Waals surface area (Å²) >= 11 is 5.46. The number of aromatic nitrogens is 3. The van der Waals surface area contributed by atoms with E-state index >= 15 is 0 Å². The van der Waals surface area contributed by atoms with Crippen LogP contribution in [0.5, 0.6) is 0 Å². The third-order valence-corrected chi connectivity index (χ3v) is 3.52. The predicted molar refractivity (Wildman–Crippen MR) is 87.8 cm³/mol. The van der Waals surface area contributed by atoms with Crippen LogP contribution >= 0.6 is 12.2 Å². The molecule has 1 N–H and O–H groups in total. The Kier molecular flexibility index (Phi) is 6.15. The van der Waals surface area contributed by atoms with Gasteiger partial charge in [-0.15, -0.1) is 0 Å². The fourth-order valence-corrected chi connectivity index (χ4v) is 2.39. The van der Waals surface area contributed by atoms with Gasteiger partial charge in [0, 0.05) is 51.0 Å². The largest absolute Gasteiger partial charge is 0.363 e. The maximum atomic E-state index is 5.46. The van der Waals surface area contributed by atoms with Gasteiger partial charge in [0.15, 0.2) is 5.11 Å². The van der Waals surface area contributed by atoms with Crippen LogP contribution in [0, 0.1) is 0 Å². The van der Waals surface area contributed by atoms with Crippen molar-refractivity contribution in [2.45, 2.75) is 26.4 Å². The van der Waals surface area contributed by atoms with Crippen LogP contribution in [0.15, 0.2) is 43.2 Å². The Labute approximate surface area is 131 Å². The number of imidazole rings is 1. The van der Waals surface area contributed by atoms with Crippen molar-refractivity contribution in [3.05, 3.63) is 48.8 Å². The Morgan fingerprint density at radius 2 is 2.29 bits per heavy atom. The van der Waals surface area contributed by atoms with Crippen molar-refractivity contribution in [1.29, 1.82) is 0 Å². The van der Waals surface area contributed by atoms with Crippen molar-refractivity contribution in [2.75, 3.05) is 13.1 Å². The van der Waals surface area contributed by atoms with Gasteiger partial charge in [0.25, 0.3) is 0 Å². The molecule has 21 heavy (non-hydrogen) atoms. The minimum absolute atomic E-state index is 0.781. The quantitative estimate of drug-likeness (QED) is 0.793. The van der Waals surface area contributed by atoms with Crippen molar-refractivity contribution in [3.63, 3.8) is 0 Å². The molecule has 6 heteroatoms. The molecule has 0 saturated carbocycles. The molecule has 5 nitrogen and oxygen atoms in total. The molecule has 0 aliphatic rings. The van der Waals surface area contributed by atoms with E-state index in [1.807, 2.05) is 24.8 Å². The van der Waals surface area contributed by atoms with Gasteiger partial charge in [-0.05, 0) is 37.2 Å². The monoisotopic (exact) mass is 303 g/mol. The van der Waals surface area contributed by atoms with Crippen molar-refractivity contribution in [3.8, 4) is 0 Å². The number of hydrogen-bond acceptors (Lipinski definition) is 3. The van der Waals surface area contributed by atoms with E-state index in [0.29, 0.717) is 0 Å². The Bertz CT molecular complexity index is 526. The number of rotatable bonds is 7. The molecule has 0 unspecified atom stereocenters. The fraction of sp³-hybridized carbons (Fsp3) is 0.400. The summed E-state index contributed by atoms with van der Waals surface area (Å²) in [5, 5.41) is 4.03. The van der Waals surface area contributed by atoms with Gasteiger partial charge in [0.2, 0.25) is 0 Å². The standard InChI is InChI=1S/C15H21N5S/c1-2-18-15(21)20(12-14-5-3-6-16-11-14)9-4-8-19-10-7-17-13-19/h3,5-7,10-11,13H,2,4,8-9,12H2,1H3,(H,18,21). The van der Waals surface area contributed by atoms with Crippen LogP contribution in [-0.2, 0) is 13.1 Å². The molecule has 0 aliphatic heterocycles. The predicted octanol–water partition coefficient (Wildman–Crippen LogP) is 2.06. The van der Waals surface area contributed by atoms with Crippen LogP contribution in [0.4, 0.5) is 0 Å². The number of pyridine rings is 1. The van der Waals surface area contributed by atoms with E-state index in [0.717, 1.165) is 37.7 Å². The molecule has 2 aromatic heterocycles. The smallest absolute Gasteiger partial charge is 0.169 e. The highest BCUT2D eigenvalue weighted by Crippen LogP contribution is 2.05. The topological polar surface area (TPSA) is 46.0 Å². The molecular formula is C15H21N5S. The zero-order valence-corrected chi connectivity index (χ0v) is 13.1. The Balaban J connectivity index is 1.90. The molecule has 2 rings (SSSR count). The summed E-state index contributed by atoms with van der Waals surface area (Å²) in [5.74, 6) is 0. The van der Waals surface area contributed by atoms with E-state index < -0.39 is 0 Å². The van der Waals surface area contributed by atoms with E-state index in [-0.39, 0.29) is 0 Å². The molecule has 0 bridgehead atoms. The highest BCUT2D eigenvalue weighted by molar-refractivity contribution is 7.80. The minimum Gasteiger partial charge on any atom is -0.363 e. The van der Waals surface area contributed by atoms with Crippen LogP contribution in [-0.4, -0.2) is 37.6 Å². The van der Waals surface area contributed by atoms with Gasteiger partial charge in [0.05, 0.1) is 6.33 Å². The third kappa shape index (κ3) is 5.15. The normalized spacial score (nSPS) is 10.3. The lowest BCUT2D eigenvalue weighted by atomic mass is 10.2. The van der Waals surface area contributed by atoms with Crippen LogP contribution in [0.3, 0.4) is 0 Å². The summed E-state index contributed by atoms with van der Waals surface area (Å²) in [6.07, 6.45) is 10.3. The second-order valence-electron chi connectivity index (χ2n) is 4.77. The average Bonchev–Trinajstić information content (AvgIpc) is 3.01. The van der Waals surface area contributed by atoms with Gasteiger partial charge < -0.3 is 14.8 Å². The first-order chi connectivity index (χ1) is 10.3. The zero-order chi connectivity index (χ0) is 14.9. The van der Waals surface area contributed by atoms with E-state index in [9.17, 15) is 0 Å². The van der Waals surface area contributed by atoms with Crippen molar-refractivity contribution in [1.82, 2.24) is 24.8 Å². The first-order valence-electron chi connectivity index (χ1n) is 7.17. The number of hydrogen-bond donors (Lipinski definition) is 1. The molecule has 2 aromatic rings. The van der Waals surface area contributed by atoms with Crippen LogP contribution in [0.2, 0.25) is 0 Å². The van der Waals surface area contributed by atoms with E-state index in [1.54, 1.807) is 12.4 Å². The molecule has 0 amide bonds. The lowest BCUT2D eigenvalue weighted by Gasteiger charge is -2.25. The van der Waals surface area contributed by atoms with Crippen LogP contribution < -0.4 is 5.32 Å². The maximum Gasteiger partial charge on any atom is 0.169 e. The average molecular weight is 303 g/mol. The van der Waals surface area contributed by atoms with Gasteiger partial charge in [0.1, 0.15) is 0 Å². The summed E-state index contributed by atoms with van der Waals surface area (Å²) in [4.78, 5) is 10.4. The molecule has 0 aliphatic carbocycles. The number of thiocarbonyl (C=S) groups is 1. The molecule has 112 valence electrons. The van der Waals surface area contributed by atoms with Crippen LogP contribution in [0.1, 0.15) is 18.9 Å². The SMILES string of the molecule is CCNC(=S)N(CCCn1ccnc1)Cc1cccnc1. The molecular weight excluding hydrogens is 282 g/mol. The lowest BCUT2D eigenvalue weighted by molar-refractivity contribution is 0.385. The van der Waals surface area contributed by atoms with Gasteiger partial charge in [-0.25, -0.2) is 4.98 Å². The number of nitrogens with one attached hydrogen (secondary N) is 1. The van der Waals surface area contributed by atoms with Crippen LogP contribution in [0.25, 0.3) is 0 Å². The lowest BCUT2D eigenvalue weighted by Crippen LogP contribution is -2.40. The molecule has 0 aromatic carbocycles. The number of nitrogens with zero attached hydrogens (tertiary/aromatic N) is 4. The fourth-order valence-electron chi connectivity index (χ4n) is 2.09. The summed E-state index contributed by atoms with van der Waals surface area (Å²) in [5.41, 5.74) is 1.17. The Hall–Kier alpha value is -1.95. The summed E-state index contributed by atoms with van der Waals surface area (Å²) in [6, 6.07) is 4.03. The first-order valence-corrected chi connectivity index (χ1v) is 7.58. The Morgan fingerprint density at radius 3 is 2.95 bits per heavy atom.